The molecule has 1 unspecified atom stereocenters. The van der Waals surface area contributed by atoms with Gasteiger partial charge in [-0.15, -0.1) is 0 Å². The molecule has 4 aromatic rings. The zero-order chi connectivity index (χ0) is 27.0. The molecule has 0 N–H and O–H groups in total. The fourth-order valence-electron chi connectivity index (χ4n) is 4.74. The highest BCUT2D eigenvalue weighted by molar-refractivity contribution is 5.24. The highest BCUT2D eigenvalue weighted by atomic mass is 19.1. The van der Waals surface area contributed by atoms with E-state index in [1.807, 2.05) is 97.9 Å². The smallest absolute Gasteiger partial charge is 0.240 e. The average molecular weight is 529 g/mol. The van der Waals surface area contributed by atoms with Crippen LogP contribution in [0.15, 0.2) is 91.0 Å². The van der Waals surface area contributed by atoms with Gasteiger partial charge in [0.15, 0.2) is 0 Å². The van der Waals surface area contributed by atoms with E-state index in [0.29, 0.717) is 25.3 Å². The van der Waals surface area contributed by atoms with Crippen molar-refractivity contribution in [2.24, 2.45) is 0 Å². The summed E-state index contributed by atoms with van der Waals surface area (Å²) in [6.07, 6.45) is -1.41. The summed E-state index contributed by atoms with van der Waals surface area (Å²) in [7, 11) is 0. The minimum atomic E-state index is -0.784. The molecule has 4 atom stereocenters. The van der Waals surface area contributed by atoms with Crippen molar-refractivity contribution in [3.63, 3.8) is 0 Å². The Balaban J connectivity index is 1.39. The van der Waals surface area contributed by atoms with E-state index in [2.05, 4.69) is 9.97 Å². The van der Waals surface area contributed by atoms with Crippen molar-refractivity contribution >= 4 is 0 Å². The van der Waals surface area contributed by atoms with Gasteiger partial charge in [0.1, 0.15) is 30.6 Å². The molecule has 1 aliphatic rings. The van der Waals surface area contributed by atoms with Crippen molar-refractivity contribution in [3.8, 4) is 5.88 Å². The van der Waals surface area contributed by atoms with E-state index in [1.165, 1.54) is 0 Å². The molecule has 5 rings (SSSR count). The summed E-state index contributed by atoms with van der Waals surface area (Å²) in [5.41, 5.74) is 3.59. The van der Waals surface area contributed by atoms with E-state index in [-0.39, 0.29) is 24.3 Å². The fourth-order valence-corrected chi connectivity index (χ4v) is 4.74. The van der Waals surface area contributed by atoms with Gasteiger partial charge in [0.25, 0.3) is 0 Å². The second-order valence-corrected chi connectivity index (χ2v) is 9.59. The predicted octanol–water partition coefficient (Wildman–Crippen LogP) is 6.52. The quantitative estimate of drug-likeness (QED) is 0.221. The third-order valence-electron chi connectivity index (χ3n) is 6.78. The topological polar surface area (TPSA) is 62.7 Å². The monoisotopic (exact) mass is 528 g/mol. The molecule has 0 aliphatic carbocycles. The van der Waals surface area contributed by atoms with Crippen molar-refractivity contribution in [2.45, 2.75) is 64.5 Å². The molecule has 0 radical (unpaired) electrons. The van der Waals surface area contributed by atoms with E-state index in [0.717, 1.165) is 16.7 Å². The Hall–Kier alpha value is -3.65. The molecule has 2 heterocycles. The number of benzene rings is 3. The molecule has 0 spiro atoms. The van der Waals surface area contributed by atoms with E-state index < -0.39 is 24.3 Å². The normalized spacial score (nSPS) is 20.7. The Morgan fingerprint density at radius 1 is 0.718 bits per heavy atom. The molecule has 1 saturated heterocycles. The van der Waals surface area contributed by atoms with Crippen LogP contribution in [0.25, 0.3) is 0 Å². The minimum absolute atomic E-state index is 0.0990. The van der Waals surface area contributed by atoms with Crippen molar-refractivity contribution in [3.05, 3.63) is 125 Å². The lowest BCUT2D eigenvalue weighted by molar-refractivity contribution is -0.0801. The van der Waals surface area contributed by atoms with Crippen LogP contribution < -0.4 is 4.74 Å². The Morgan fingerprint density at radius 3 is 1.77 bits per heavy atom. The first kappa shape index (κ1) is 26.9. The number of aryl methyl sites for hydroxylation is 1. The fraction of sp³-hybridized carbons (Fsp3) is 0.312. The van der Waals surface area contributed by atoms with Crippen molar-refractivity contribution in [1.29, 1.82) is 0 Å². The molecule has 0 bridgehead atoms. The number of halogens is 1. The standard InChI is InChI=1S/C32H33FN2O4/c1-3-26-28(36-19-23-13-7-4-8-14-23)30(37-20-24-15-9-5-10-16-24)29(39-26)27-31(33)35-32(22(2)34-27)38-21-25-17-11-6-12-18-25/h4-18,26,28-30H,3,19-21H2,1-2H3/t26-,28?,29+,30+/m1/s1. The molecule has 39 heavy (non-hydrogen) atoms. The summed E-state index contributed by atoms with van der Waals surface area (Å²) in [4.78, 5) is 8.70. The van der Waals surface area contributed by atoms with E-state index in [9.17, 15) is 0 Å². The van der Waals surface area contributed by atoms with Crippen LogP contribution in [0.5, 0.6) is 5.88 Å². The van der Waals surface area contributed by atoms with Gasteiger partial charge in [-0.05, 0) is 30.0 Å². The van der Waals surface area contributed by atoms with E-state index in [1.54, 1.807) is 6.92 Å². The molecular weight excluding hydrogens is 495 g/mol. The third kappa shape index (κ3) is 6.68. The average Bonchev–Trinajstić information content (AvgIpc) is 3.33. The maximum atomic E-state index is 15.5. The Bertz CT molecular complexity index is 1320. The number of hydrogen-bond donors (Lipinski definition) is 0. The van der Waals surface area contributed by atoms with E-state index >= 15 is 4.39 Å². The minimum Gasteiger partial charge on any atom is -0.471 e. The van der Waals surface area contributed by atoms with Crippen molar-refractivity contribution in [1.82, 2.24) is 9.97 Å². The van der Waals surface area contributed by atoms with Gasteiger partial charge in [-0.1, -0.05) is 97.9 Å². The summed E-state index contributed by atoms with van der Waals surface area (Å²) in [5, 5.41) is 0. The largest absolute Gasteiger partial charge is 0.471 e. The molecule has 0 saturated carbocycles. The van der Waals surface area contributed by atoms with Crippen LogP contribution in [-0.4, -0.2) is 28.3 Å². The summed E-state index contributed by atoms with van der Waals surface area (Å²) >= 11 is 0. The van der Waals surface area contributed by atoms with Gasteiger partial charge in [0.2, 0.25) is 11.8 Å². The molecule has 1 aromatic heterocycles. The second-order valence-electron chi connectivity index (χ2n) is 9.59. The Morgan fingerprint density at radius 2 is 1.23 bits per heavy atom. The molecule has 1 aliphatic heterocycles. The van der Waals surface area contributed by atoms with Gasteiger partial charge in [-0.2, -0.15) is 9.37 Å². The zero-order valence-electron chi connectivity index (χ0n) is 22.2. The molecule has 7 heteroatoms. The number of nitrogens with zero attached hydrogens (tertiary/aromatic N) is 2. The first-order valence-electron chi connectivity index (χ1n) is 13.3. The van der Waals surface area contributed by atoms with Crippen LogP contribution in [0.4, 0.5) is 4.39 Å². The highest BCUT2D eigenvalue weighted by Crippen LogP contribution is 2.40. The van der Waals surface area contributed by atoms with Crippen LogP contribution >= 0.6 is 0 Å². The van der Waals surface area contributed by atoms with Crippen molar-refractivity contribution < 1.29 is 23.3 Å². The van der Waals surface area contributed by atoms with Gasteiger partial charge in [0, 0.05) is 0 Å². The van der Waals surface area contributed by atoms with E-state index in [4.69, 9.17) is 18.9 Å². The maximum Gasteiger partial charge on any atom is 0.240 e. The summed E-state index contributed by atoms with van der Waals surface area (Å²) in [6.45, 7) is 4.77. The Kier molecular flexibility index (Phi) is 8.93. The van der Waals surface area contributed by atoms with Gasteiger partial charge in [-0.25, -0.2) is 4.98 Å². The Labute approximate surface area is 228 Å². The summed E-state index contributed by atoms with van der Waals surface area (Å²) < 4.78 is 40.5. The number of hydrogen-bond acceptors (Lipinski definition) is 6. The zero-order valence-corrected chi connectivity index (χ0v) is 22.2. The van der Waals surface area contributed by atoms with Crippen LogP contribution in [0, 0.1) is 12.9 Å². The van der Waals surface area contributed by atoms with Crippen LogP contribution in [0.2, 0.25) is 0 Å². The molecule has 1 fully saturated rings. The first-order valence-corrected chi connectivity index (χ1v) is 13.3. The highest BCUT2D eigenvalue weighted by Gasteiger charge is 2.48. The molecule has 3 aromatic carbocycles. The molecular formula is C32H33FN2O4. The lowest BCUT2D eigenvalue weighted by Crippen LogP contribution is -2.35. The lowest BCUT2D eigenvalue weighted by atomic mass is 10.0. The number of rotatable bonds is 11. The van der Waals surface area contributed by atoms with Crippen LogP contribution in [0.1, 0.15) is 47.5 Å². The van der Waals surface area contributed by atoms with Gasteiger partial charge >= 0.3 is 0 Å². The van der Waals surface area contributed by atoms with Crippen LogP contribution in [-0.2, 0) is 34.0 Å². The predicted molar refractivity (Wildman–Crippen MR) is 145 cm³/mol. The summed E-state index contributed by atoms with van der Waals surface area (Å²) in [5.74, 6) is -0.579. The maximum absolute atomic E-state index is 15.5. The lowest BCUT2D eigenvalue weighted by Gasteiger charge is -2.25. The van der Waals surface area contributed by atoms with Crippen molar-refractivity contribution in [2.75, 3.05) is 0 Å². The first-order chi connectivity index (χ1) is 19.1. The second kappa shape index (κ2) is 12.9. The van der Waals surface area contributed by atoms with Gasteiger partial charge in [0.05, 0.1) is 25.0 Å². The third-order valence-corrected chi connectivity index (χ3v) is 6.78. The molecule has 202 valence electrons. The number of aromatic nitrogens is 2. The molecule has 0 amide bonds. The van der Waals surface area contributed by atoms with Gasteiger partial charge < -0.3 is 18.9 Å². The SMILES string of the molecule is CC[C@H]1O[C@@H](c2nc(C)c(OCc3ccccc3)nc2F)[C@@H](OCc2ccccc2)C1OCc1ccccc1. The number of ether oxygens (including phenoxy) is 4. The molecule has 6 nitrogen and oxygen atoms in total. The van der Waals surface area contributed by atoms with Gasteiger partial charge in [-0.3, -0.25) is 0 Å². The van der Waals surface area contributed by atoms with Crippen LogP contribution in [0.3, 0.4) is 0 Å². The summed E-state index contributed by atoms with van der Waals surface area (Å²) in [6, 6.07) is 29.5.